The van der Waals surface area contributed by atoms with Crippen LogP contribution in [-0.2, 0) is 14.3 Å². The van der Waals surface area contributed by atoms with Crippen molar-refractivity contribution in [1.82, 2.24) is 0 Å². The van der Waals surface area contributed by atoms with Crippen molar-refractivity contribution in [2.75, 3.05) is 20.3 Å². The lowest BCUT2D eigenvalue weighted by molar-refractivity contribution is -0.156. The van der Waals surface area contributed by atoms with E-state index in [1.54, 1.807) is 19.2 Å². The molecule has 0 spiro atoms. The number of methoxy groups -OCH3 is 1. The van der Waals surface area contributed by atoms with Crippen molar-refractivity contribution in [1.29, 1.82) is 0 Å². The normalized spacial score (nSPS) is 22.2. The average molecular weight is 350 g/mol. The highest BCUT2D eigenvalue weighted by Crippen LogP contribution is 2.32. The van der Waals surface area contributed by atoms with E-state index in [9.17, 15) is 4.79 Å². The molecule has 1 aliphatic rings. The van der Waals surface area contributed by atoms with E-state index in [1.807, 2.05) is 6.07 Å². The molecule has 0 aromatic heterocycles. The van der Waals surface area contributed by atoms with E-state index in [2.05, 4.69) is 15.9 Å². The number of ether oxygens (including phenoxy) is 3. The predicted octanol–water partition coefficient (Wildman–Crippen LogP) is 2.85. The van der Waals surface area contributed by atoms with Gasteiger partial charge in [-0.05, 0) is 18.2 Å². The number of carbonyl (C=O) groups excluding carboxylic acids is 1. The fourth-order valence-corrected chi connectivity index (χ4v) is 2.26. The summed E-state index contributed by atoms with van der Waals surface area (Å²) in [6, 6.07) is 5.34. The summed E-state index contributed by atoms with van der Waals surface area (Å²) in [5.74, 6) is 0.598. The molecule has 1 aromatic rings. The van der Waals surface area contributed by atoms with Crippen LogP contribution in [-0.4, -0.2) is 38.3 Å². The van der Waals surface area contributed by atoms with Gasteiger partial charge in [0.25, 0.3) is 0 Å². The second-order valence-corrected chi connectivity index (χ2v) is 5.51. The van der Waals surface area contributed by atoms with E-state index < -0.39 is 6.10 Å². The molecule has 2 atom stereocenters. The molecule has 0 N–H and O–H groups in total. The Labute approximate surface area is 125 Å². The van der Waals surface area contributed by atoms with Crippen LogP contribution in [0.25, 0.3) is 0 Å². The van der Waals surface area contributed by atoms with Crippen molar-refractivity contribution >= 4 is 33.3 Å². The highest BCUT2D eigenvalue weighted by atomic mass is 79.9. The third kappa shape index (κ3) is 3.69. The molecule has 104 valence electrons. The minimum atomic E-state index is -0.523. The quantitative estimate of drug-likeness (QED) is 0.741. The van der Waals surface area contributed by atoms with Crippen LogP contribution in [0, 0.1) is 0 Å². The van der Waals surface area contributed by atoms with Crippen LogP contribution in [0.2, 0.25) is 5.02 Å². The van der Waals surface area contributed by atoms with Crippen molar-refractivity contribution in [3.05, 3.63) is 27.7 Å². The Kier molecular flexibility index (Phi) is 5.21. The van der Waals surface area contributed by atoms with Crippen molar-refractivity contribution in [2.24, 2.45) is 0 Å². The zero-order valence-corrected chi connectivity index (χ0v) is 12.7. The Balaban J connectivity index is 1.95. The van der Waals surface area contributed by atoms with Crippen LogP contribution in [0.1, 0.15) is 6.42 Å². The van der Waals surface area contributed by atoms with Gasteiger partial charge in [0, 0.05) is 18.0 Å². The monoisotopic (exact) mass is 348 g/mol. The Morgan fingerprint density at radius 2 is 2.21 bits per heavy atom. The van der Waals surface area contributed by atoms with Gasteiger partial charge in [-0.2, -0.15) is 0 Å². The number of hydrogen-bond donors (Lipinski definition) is 0. The number of carbonyl (C=O) groups is 1. The summed E-state index contributed by atoms with van der Waals surface area (Å²) in [7, 11) is 1.58. The van der Waals surface area contributed by atoms with Crippen molar-refractivity contribution in [3.63, 3.8) is 0 Å². The van der Waals surface area contributed by atoms with Gasteiger partial charge in [0.15, 0.2) is 11.9 Å². The lowest BCUT2D eigenvalue weighted by Crippen LogP contribution is -2.52. The first-order valence-corrected chi connectivity index (χ1v) is 7.04. The fraction of sp³-hybridized carbons (Fsp3) is 0.462. The Bertz CT molecular complexity index is 466. The molecular formula is C13H14BrClO4. The van der Waals surface area contributed by atoms with E-state index in [-0.39, 0.29) is 11.9 Å². The maximum absolute atomic E-state index is 11.5. The van der Waals surface area contributed by atoms with Gasteiger partial charge in [-0.25, -0.2) is 0 Å². The minimum absolute atomic E-state index is 0.0484. The molecule has 0 saturated heterocycles. The lowest BCUT2D eigenvalue weighted by Gasteiger charge is -2.34. The first-order valence-electron chi connectivity index (χ1n) is 5.87. The summed E-state index contributed by atoms with van der Waals surface area (Å²) >= 11 is 9.39. The number of benzene rings is 1. The van der Waals surface area contributed by atoms with Gasteiger partial charge in [-0.3, -0.25) is 4.79 Å². The van der Waals surface area contributed by atoms with Crippen LogP contribution in [0.4, 0.5) is 0 Å². The summed E-state index contributed by atoms with van der Waals surface area (Å²) in [5, 5.41) is 0.512. The molecule has 1 aliphatic carbocycles. The van der Waals surface area contributed by atoms with Crippen LogP contribution >= 0.6 is 27.5 Å². The van der Waals surface area contributed by atoms with Crippen LogP contribution in [0.15, 0.2) is 22.7 Å². The molecule has 6 heteroatoms. The zero-order chi connectivity index (χ0) is 13.8. The van der Waals surface area contributed by atoms with E-state index in [1.165, 1.54) is 0 Å². The molecule has 0 aliphatic heterocycles. The van der Waals surface area contributed by atoms with Crippen LogP contribution < -0.4 is 4.74 Å². The molecule has 1 saturated carbocycles. The first-order chi connectivity index (χ1) is 9.11. The number of Topliss-reactive ketones (excluding diaryl/α,β-unsaturated/α-hetero) is 1. The molecule has 1 fully saturated rings. The van der Waals surface area contributed by atoms with Crippen LogP contribution in [0.3, 0.4) is 0 Å². The average Bonchev–Trinajstić information content (AvgIpc) is 2.38. The largest absolute Gasteiger partial charge is 0.485 e. The molecule has 1 aromatic carbocycles. The summed E-state index contributed by atoms with van der Waals surface area (Å²) in [6.45, 7) is 0.827. The van der Waals surface area contributed by atoms with Gasteiger partial charge in [-0.1, -0.05) is 27.5 Å². The summed E-state index contributed by atoms with van der Waals surface area (Å²) in [5.41, 5.74) is 0. The van der Waals surface area contributed by atoms with E-state index in [0.29, 0.717) is 30.4 Å². The Morgan fingerprint density at radius 1 is 1.42 bits per heavy atom. The molecule has 19 heavy (non-hydrogen) atoms. The van der Waals surface area contributed by atoms with Crippen molar-refractivity contribution < 1.29 is 19.0 Å². The van der Waals surface area contributed by atoms with Gasteiger partial charge in [0.2, 0.25) is 0 Å². The minimum Gasteiger partial charge on any atom is -0.485 e. The van der Waals surface area contributed by atoms with E-state index in [4.69, 9.17) is 25.8 Å². The third-order valence-corrected chi connectivity index (χ3v) is 3.62. The fourth-order valence-electron chi connectivity index (χ4n) is 1.76. The van der Waals surface area contributed by atoms with E-state index in [0.717, 1.165) is 4.47 Å². The van der Waals surface area contributed by atoms with Crippen molar-refractivity contribution in [3.8, 4) is 5.75 Å². The molecular weight excluding hydrogens is 335 g/mol. The Hall–Kier alpha value is -0.620. The van der Waals surface area contributed by atoms with Crippen LogP contribution in [0.5, 0.6) is 5.75 Å². The number of ketones is 1. The Morgan fingerprint density at radius 3 is 2.89 bits per heavy atom. The number of rotatable bonds is 6. The van der Waals surface area contributed by atoms with Gasteiger partial charge in [0.1, 0.15) is 11.9 Å². The number of hydrogen-bond acceptors (Lipinski definition) is 4. The second-order valence-electron chi connectivity index (χ2n) is 4.19. The summed E-state index contributed by atoms with van der Waals surface area (Å²) in [6.07, 6.45) is -0.457. The van der Waals surface area contributed by atoms with Gasteiger partial charge < -0.3 is 14.2 Å². The third-order valence-electron chi connectivity index (χ3n) is 2.81. The second kappa shape index (κ2) is 6.70. The van der Waals surface area contributed by atoms with Gasteiger partial charge in [-0.15, -0.1) is 0 Å². The lowest BCUT2D eigenvalue weighted by atomic mass is 9.90. The molecule has 2 unspecified atom stereocenters. The SMILES string of the molecule is COCCOC1C(=O)CC1Oc1cc(Br)ccc1Cl. The van der Waals surface area contributed by atoms with Crippen molar-refractivity contribution in [2.45, 2.75) is 18.6 Å². The standard InChI is InChI=1S/C13H14BrClO4/c1-17-4-5-18-13-10(16)7-12(13)19-11-6-8(14)2-3-9(11)15/h2-3,6,12-13H,4-5,7H2,1H3. The number of halogens is 2. The molecule has 0 bridgehead atoms. The maximum atomic E-state index is 11.5. The van der Waals surface area contributed by atoms with Gasteiger partial charge >= 0.3 is 0 Å². The van der Waals surface area contributed by atoms with Gasteiger partial charge in [0.05, 0.1) is 18.2 Å². The highest BCUT2D eigenvalue weighted by Gasteiger charge is 2.42. The molecule has 0 heterocycles. The summed E-state index contributed by atoms with van der Waals surface area (Å²) < 4.78 is 16.9. The topological polar surface area (TPSA) is 44.8 Å². The smallest absolute Gasteiger partial charge is 0.169 e. The predicted molar refractivity (Wildman–Crippen MR) is 74.8 cm³/mol. The zero-order valence-electron chi connectivity index (χ0n) is 10.4. The first kappa shape index (κ1) is 14.8. The molecule has 0 radical (unpaired) electrons. The van der Waals surface area contributed by atoms with E-state index >= 15 is 0 Å². The molecule has 2 rings (SSSR count). The maximum Gasteiger partial charge on any atom is 0.169 e. The summed E-state index contributed by atoms with van der Waals surface area (Å²) in [4.78, 5) is 11.5. The highest BCUT2D eigenvalue weighted by molar-refractivity contribution is 9.10. The molecule has 4 nitrogen and oxygen atoms in total. The molecule has 0 amide bonds.